The van der Waals surface area contributed by atoms with E-state index in [4.69, 9.17) is 21.9 Å². The van der Waals surface area contributed by atoms with Crippen LogP contribution >= 0.6 is 0 Å². The fraction of sp³-hybridized carbons (Fsp3) is 0.333. The summed E-state index contributed by atoms with van der Waals surface area (Å²) in [7, 11) is 0. The molecule has 1 unspecified atom stereocenters. The second kappa shape index (κ2) is 6.48. The summed E-state index contributed by atoms with van der Waals surface area (Å²) in [5, 5.41) is 0. The van der Waals surface area contributed by atoms with Gasteiger partial charge >= 0.3 is 0 Å². The first-order chi connectivity index (χ1) is 8.52. The molecule has 0 aromatic heterocycles. The van der Waals surface area contributed by atoms with Crippen LogP contribution in [0.3, 0.4) is 0 Å². The summed E-state index contributed by atoms with van der Waals surface area (Å²) in [6.07, 6.45) is 1.01. The van der Waals surface area contributed by atoms with E-state index in [1.165, 1.54) is 0 Å². The summed E-state index contributed by atoms with van der Waals surface area (Å²) in [6.45, 7) is 4.03. The molecule has 1 rings (SSSR count). The van der Waals surface area contributed by atoms with Crippen molar-refractivity contribution in [1.29, 1.82) is 0 Å². The number of rotatable bonds is 4. The van der Waals surface area contributed by atoms with Crippen LogP contribution < -0.4 is 21.9 Å². The summed E-state index contributed by atoms with van der Waals surface area (Å²) in [6, 6.07) is 7.32. The van der Waals surface area contributed by atoms with Crippen LogP contribution in [0, 0.1) is 0 Å². The van der Waals surface area contributed by atoms with Crippen LogP contribution in [-0.2, 0) is 0 Å². The van der Waals surface area contributed by atoms with Gasteiger partial charge in [0.1, 0.15) is 11.4 Å². The van der Waals surface area contributed by atoms with Gasteiger partial charge in [-0.2, -0.15) is 4.99 Å². The summed E-state index contributed by atoms with van der Waals surface area (Å²) in [5.41, 5.74) is 16.6. The van der Waals surface area contributed by atoms with Crippen molar-refractivity contribution in [3.63, 3.8) is 0 Å². The Morgan fingerprint density at radius 3 is 2.56 bits per heavy atom. The van der Waals surface area contributed by atoms with Gasteiger partial charge in [0.15, 0.2) is 5.96 Å². The Hall–Kier alpha value is -2.24. The molecule has 0 amide bonds. The van der Waals surface area contributed by atoms with Gasteiger partial charge in [-0.15, -0.1) is 0 Å². The van der Waals surface area contributed by atoms with Crippen LogP contribution in [0.1, 0.15) is 20.3 Å². The first kappa shape index (κ1) is 13.8. The topological polar surface area (TPSA) is 112 Å². The van der Waals surface area contributed by atoms with Gasteiger partial charge in [-0.05, 0) is 25.5 Å². The summed E-state index contributed by atoms with van der Waals surface area (Å²) in [5.74, 6) is 0.521. The van der Waals surface area contributed by atoms with Gasteiger partial charge < -0.3 is 21.9 Å². The van der Waals surface area contributed by atoms with Gasteiger partial charge in [0.25, 0.3) is 0 Å². The van der Waals surface area contributed by atoms with Crippen molar-refractivity contribution in [1.82, 2.24) is 0 Å². The van der Waals surface area contributed by atoms with Crippen molar-refractivity contribution in [2.45, 2.75) is 26.4 Å². The Labute approximate surface area is 107 Å². The van der Waals surface area contributed by atoms with Crippen molar-refractivity contribution in [2.75, 3.05) is 0 Å². The van der Waals surface area contributed by atoms with Gasteiger partial charge in [0.05, 0.1) is 6.10 Å². The quantitative estimate of drug-likeness (QED) is 0.547. The normalized spacial score (nSPS) is 12.9. The maximum atomic E-state index is 5.73. The third-order valence-corrected chi connectivity index (χ3v) is 2.25. The Morgan fingerprint density at radius 2 is 1.94 bits per heavy atom. The Kier molecular flexibility index (Phi) is 4.98. The number of nitrogens with two attached hydrogens (primary N) is 3. The van der Waals surface area contributed by atoms with Gasteiger partial charge in [-0.3, -0.25) is 0 Å². The molecule has 0 spiro atoms. The minimum atomic E-state index is -0.128. The molecule has 0 aliphatic carbocycles. The summed E-state index contributed by atoms with van der Waals surface area (Å²) >= 11 is 0. The van der Waals surface area contributed by atoms with E-state index < -0.39 is 0 Å². The van der Waals surface area contributed by atoms with Crippen LogP contribution in [0.5, 0.6) is 5.75 Å². The predicted molar refractivity (Wildman–Crippen MR) is 73.9 cm³/mol. The number of benzene rings is 1. The highest BCUT2D eigenvalue weighted by Crippen LogP contribution is 2.28. The summed E-state index contributed by atoms with van der Waals surface area (Å²) < 4.78 is 5.73. The SMILES string of the molecule is CCC(C)Oc1ccccc1N=C(N)N=C(N)N. The van der Waals surface area contributed by atoms with Crippen LogP contribution in [0.25, 0.3) is 0 Å². The molecule has 0 fully saturated rings. The lowest BCUT2D eigenvalue weighted by Gasteiger charge is -2.14. The Morgan fingerprint density at radius 1 is 1.28 bits per heavy atom. The van der Waals surface area contributed by atoms with Crippen molar-refractivity contribution in [2.24, 2.45) is 27.2 Å². The minimum absolute atomic E-state index is 0.00444. The highest BCUT2D eigenvalue weighted by atomic mass is 16.5. The molecular formula is C12H19N5O. The maximum absolute atomic E-state index is 5.73. The van der Waals surface area contributed by atoms with Gasteiger partial charge in [-0.25, -0.2) is 4.99 Å². The lowest BCUT2D eigenvalue weighted by atomic mass is 10.2. The van der Waals surface area contributed by atoms with Crippen molar-refractivity contribution in [3.8, 4) is 5.75 Å². The molecule has 0 radical (unpaired) electrons. The second-order valence-electron chi connectivity index (χ2n) is 3.81. The molecule has 98 valence electrons. The standard InChI is InChI=1S/C12H19N5O/c1-3-8(2)18-10-7-5-4-6-9(10)16-12(15)17-11(13)14/h4-8H,3H2,1-2H3,(H6,13,14,15,16,17). The largest absolute Gasteiger partial charge is 0.488 e. The number of guanidine groups is 2. The van der Waals surface area contributed by atoms with E-state index in [2.05, 4.69) is 9.98 Å². The molecular weight excluding hydrogens is 230 g/mol. The lowest BCUT2D eigenvalue weighted by Crippen LogP contribution is -2.26. The molecule has 1 aromatic rings. The average molecular weight is 249 g/mol. The molecule has 0 aliphatic rings. The first-order valence-electron chi connectivity index (χ1n) is 5.72. The van der Waals surface area contributed by atoms with Crippen LogP contribution in [0.15, 0.2) is 34.3 Å². The first-order valence-corrected chi connectivity index (χ1v) is 5.72. The molecule has 0 bridgehead atoms. The number of nitrogens with zero attached hydrogens (tertiary/aromatic N) is 2. The zero-order valence-electron chi connectivity index (χ0n) is 10.6. The Balaban J connectivity index is 2.98. The van der Waals surface area contributed by atoms with Crippen LogP contribution in [-0.4, -0.2) is 18.0 Å². The van der Waals surface area contributed by atoms with Crippen LogP contribution in [0.4, 0.5) is 5.69 Å². The van der Waals surface area contributed by atoms with Crippen molar-refractivity contribution >= 4 is 17.6 Å². The number of para-hydroxylation sites is 2. The number of hydrogen-bond donors (Lipinski definition) is 3. The zero-order chi connectivity index (χ0) is 13.5. The van der Waals surface area contributed by atoms with E-state index in [0.29, 0.717) is 11.4 Å². The van der Waals surface area contributed by atoms with Crippen molar-refractivity contribution < 1.29 is 4.74 Å². The number of ether oxygens (including phenoxy) is 1. The molecule has 1 atom stereocenters. The lowest BCUT2D eigenvalue weighted by molar-refractivity contribution is 0.218. The zero-order valence-corrected chi connectivity index (χ0v) is 10.6. The van der Waals surface area contributed by atoms with E-state index in [1.807, 2.05) is 32.0 Å². The molecule has 6 N–H and O–H groups in total. The fourth-order valence-corrected chi connectivity index (χ4v) is 1.23. The van der Waals surface area contributed by atoms with E-state index in [-0.39, 0.29) is 18.0 Å². The van der Waals surface area contributed by atoms with E-state index >= 15 is 0 Å². The molecule has 0 saturated carbocycles. The predicted octanol–water partition coefficient (Wildman–Crippen LogP) is 1.08. The molecule has 0 saturated heterocycles. The van der Waals surface area contributed by atoms with Crippen LogP contribution in [0.2, 0.25) is 0 Å². The molecule has 0 heterocycles. The van der Waals surface area contributed by atoms with Gasteiger partial charge in [0.2, 0.25) is 5.96 Å². The molecule has 6 heteroatoms. The number of hydrogen-bond acceptors (Lipinski definition) is 2. The third-order valence-electron chi connectivity index (χ3n) is 2.25. The van der Waals surface area contributed by atoms with Gasteiger partial charge in [0, 0.05) is 0 Å². The highest BCUT2D eigenvalue weighted by molar-refractivity contribution is 5.93. The molecule has 18 heavy (non-hydrogen) atoms. The third kappa shape index (κ3) is 4.32. The van der Waals surface area contributed by atoms with Crippen molar-refractivity contribution in [3.05, 3.63) is 24.3 Å². The minimum Gasteiger partial charge on any atom is -0.488 e. The fourth-order valence-electron chi connectivity index (χ4n) is 1.23. The molecule has 6 nitrogen and oxygen atoms in total. The Bertz CT molecular complexity index is 452. The highest BCUT2D eigenvalue weighted by Gasteiger charge is 2.06. The monoisotopic (exact) mass is 249 g/mol. The smallest absolute Gasteiger partial charge is 0.223 e. The molecule has 0 aliphatic heterocycles. The van der Waals surface area contributed by atoms with E-state index in [1.54, 1.807) is 6.07 Å². The number of aliphatic imine (C=N–C) groups is 2. The molecule has 1 aromatic carbocycles. The van der Waals surface area contributed by atoms with E-state index in [0.717, 1.165) is 6.42 Å². The average Bonchev–Trinajstić information content (AvgIpc) is 2.30. The maximum Gasteiger partial charge on any atom is 0.223 e. The second-order valence-corrected chi connectivity index (χ2v) is 3.81. The van der Waals surface area contributed by atoms with Gasteiger partial charge in [-0.1, -0.05) is 19.1 Å². The summed E-state index contributed by atoms with van der Waals surface area (Å²) in [4.78, 5) is 7.77. The van der Waals surface area contributed by atoms with E-state index in [9.17, 15) is 0 Å².